The summed E-state index contributed by atoms with van der Waals surface area (Å²) < 4.78 is 2.10. The monoisotopic (exact) mass is 352 g/mol. The topological polar surface area (TPSA) is 71.4 Å². The molecule has 0 unspecified atom stereocenters. The van der Waals surface area contributed by atoms with Gasteiger partial charge in [0, 0.05) is 23.0 Å². The number of halogens is 1. The van der Waals surface area contributed by atoms with Crippen molar-refractivity contribution in [2.24, 2.45) is 0 Å². The fourth-order valence-corrected chi connectivity index (χ4v) is 3.03. The van der Waals surface area contributed by atoms with Crippen molar-refractivity contribution in [1.82, 2.24) is 25.0 Å². The maximum atomic E-state index is 5.98. The van der Waals surface area contributed by atoms with E-state index in [0.717, 1.165) is 44.5 Å². The molecule has 0 aliphatic carbocycles. The molecule has 0 saturated carbocycles. The number of hydrogen-bond donors (Lipinski definition) is 2. The van der Waals surface area contributed by atoms with E-state index in [-0.39, 0.29) is 0 Å². The largest absolute Gasteiger partial charge is 0.371 e. The second-order valence-electron chi connectivity index (χ2n) is 5.87. The molecule has 0 radical (unpaired) electrons. The van der Waals surface area contributed by atoms with Crippen LogP contribution in [-0.2, 0) is 6.54 Å². The quantitative estimate of drug-likeness (QED) is 0.584. The number of benzene rings is 2. The van der Waals surface area contributed by atoms with Crippen LogP contribution in [-0.4, -0.2) is 32.0 Å². The molecule has 2 aromatic heterocycles. The molecule has 7 heteroatoms. The van der Waals surface area contributed by atoms with Crippen LogP contribution < -0.4 is 5.32 Å². The summed E-state index contributed by atoms with van der Waals surface area (Å²) in [5.41, 5.74) is 3.13. The zero-order valence-electron chi connectivity index (χ0n) is 13.9. The van der Waals surface area contributed by atoms with Crippen LogP contribution in [0, 0.1) is 6.92 Å². The highest BCUT2D eigenvalue weighted by Crippen LogP contribution is 2.27. The van der Waals surface area contributed by atoms with E-state index in [0.29, 0.717) is 6.54 Å². The zero-order valence-corrected chi connectivity index (χ0v) is 14.7. The van der Waals surface area contributed by atoms with Crippen LogP contribution in [0.15, 0.2) is 42.5 Å². The summed E-state index contributed by atoms with van der Waals surface area (Å²) in [6, 6.07) is 13.9. The minimum atomic E-state index is 0.688. The number of H-pyrrole nitrogens is 1. The van der Waals surface area contributed by atoms with Gasteiger partial charge in [0.05, 0.1) is 12.1 Å². The van der Waals surface area contributed by atoms with Crippen molar-refractivity contribution >= 4 is 28.3 Å². The molecule has 0 fully saturated rings. The van der Waals surface area contributed by atoms with E-state index in [1.54, 1.807) is 0 Å². The van der Waals surface area contributed by atoms with E-state index in [9.17, 15) is 0 Å². The van der Waals surface area contributed by atoms with E-state index in [1.165, 1.54) is 0 Å². The van der Waals surface area contributed by atoms with E-state index < -0.39 is 0 Å². The summed E-state index contributed by atoms with van der Waals surface area (Å²) in [7, 11) is 1.86. The Hall–Kier alpha value is -2.86. The van der Waals surface area contributed by atoms with Gasteiger partial charge >= 0.3 is 0 Å². The Kier molecular flexibility index (Phi) is 3.89. The minimum Gasteiger partial charge on any atom is -0.371 e. The molecule has 0 bridgehead atoms. The predicted octanol–water partition coefficient (Wildman–Crippen LogP) is 3.87. The molecular weight excluding hydrogens is 336 g/mol. The third-order valence-electron chi connectivity index (χ3n) is 4.25. The fourth-order valence-electron chi connectivity index (χ4n) is 2.90. The Morgan fingerprint density at radius 3 is 2.68 bits per heavy atom. The summed E-state index contributed by atoms with van der Waals surface area (Å²) in [5.74, 6) is 2.51. The van der Waals surface area contributed by atoms with Crippen molar-refractivity contribution in [2.75, 3.05) is 12.4 Å². The molecule has 2 heterocycles. The van der Waals surface area contributed by atoms with Gasteiger partial charge in [-0.3, -0.25) is 5.10 Å². The summed E-state index contributed by atoms with van der Waals surface area (Å²) in [6.45, 7) is 2.65. The minimum absolute atomic E-state index is 0.688. The van der Waals surface area contributed by atoms with Crippen LogP contribution in [0.25, 0.3) is 22.3 Å². The lowest BCUT2D eigenvalue weighted by atomic mass is 10.1. The Labute approximate surface area is 149 Å². The Bertz CT molecular complexity index is 1030. The van der Waals surface area contributed by atoms with E-state index in [1.807, 2.05) is 50.4 Å². The highest BCUT2D eigenvalue weighted by molar-refractivity contribution is 6.30. The number of aromatic amines is 1. The number of nitrogens with one attached hydrogen (secondary N) is 2. The van der Waals surface area contributed by atoms with Gasteiger partial charge in [0.2, 0.25) is 0 Å². The first-order valence-corrected chi connectivity index (χ1v) is 8.34. The van der Waals surface area contributed by atoms with Crippen molar-refractivity contribution in [3.8, 4) is 11.4 Å². The maximum absolute atomic E-state index is 5.98. The standard InChI is InChI=1S/C18H17ClN6/c1-11-21-24-18(25(11)10-12-3-6-14(19)7-4-12)13-5-8-16-15(9-13)17(20-2)23-22-16/h3-9H,10H2,1-2H3,(H2,20,22,23). The second kappa shape index (κ2) is 6.22. The lowest BCUT2D eigenvalue weighted by Gasteiger charge is -2.09. The molecule has 4 aromatic rings. The highest BCUT2D eigenvalue weighted by Gasteiger charge is 2.14. The molecule has 6 nitrogen and oxygen atoms in total. The lowest BCUT2D eigenvalue weighted by Crippen LogP contribution is -2.04. The van der Waals surface area contributed by atoms with Crippen molar-refractivity contribution in [3.63, 3.8) is 0 Å². The first-order valence-electron chi connectivity index (χ1n) is 7.96. The number of fused-ring (bicyclic) bond motifs is 1. The number of aromatic nitrogens is 5. The third kappa shape index (κ3) is 2.85. The number of nitrogens with zero attached hydrogens (tertiary/aromatic N) is 4. The van der Waals surface area contributed by atoms with Crippen molar-refractivity contribution in [1.29, 1.82) is 0 Å². The zero-order chi connectivity index (χ0) is 17.4. The number of anilines is 1. The van der Waals surface area contributed by atoms with Gasteiger partial charge in [0.25, 0.3) is 0 Å². The summed E-state index contributed by atoms with van der Waals surface area (Å²) >= 11 is 5.98. The van der Waals surface area contributed by atoms with Gasteiger partial charge in [-0.25, -0.2) is 0 Å². The fraction of sp³-hybridized carbons (Fsp3) is 0.167. The average Bonchev–Trinajstić information content (AvgIpc) is 3.20. The van der Waals surface area contributed by atoms with Crippen molar-refractivity contribution in [2.45, 2.75) is 13.5 Å². The first-order chi connectivity index (χ1) is 12.2. The van der Waals surface area contributed by atoms with Gasteiger partial charge in [-0.05, 0) is 42.8 Å². The summed E-state index contributed by atoms with van der Waals surface area (Å²) in [4.78, 5) is 0. The lowest BCUT2D eigenvalue weighted by molar-refractivity contribution is 0.768. The van der Waals surface area contributed by atoms with Crippen LogP contribution >= 0.6 is 11.6 Å². The van der Waals surface area contributed by atoms with Gasteiger partial charge in [-0.15, -0.1) is 10.2 Å². The molecule has 2 aromatic carbocycles. The van der Waals surface area contributed by atoms with Gasteiger partial charge in [0.15, 0.2) is 11.6 Å². The molecular formula is C18H17ClN6. The molecule has 0 spiro atoms. The van der Waals surface area contributed by atoms with Gasteiger partial charge in [0.1, 0.15) is 5.82 Å². The van der Waals surface area contributed by atoms with Gasteiger partial charge in [-0.2, -0.15) is 5.10 Å². The van der Waals surface area contributed by atoms with E-state index in [4.69, 9.17) is 11.6 Å². The molecule has 2 N–H and O–H groups in total. The molecule has 0 atom stereocenters. The highest BCUT2D eigenvalue weighted by atomic mass is 35.5. The van der Waals surface area contributed by atoms with Gasteiger partial charge in [-0.1, -0.05) is 23.7 Å². The molecule has 4 rings (SSSR count). The Balaban J connectivity index is 1.77. The van der Waals surface area contributed by atoms with Gasteiger partial charge < -0.3 is 9.88 Å². The Morgan fingerprint density at radius 1 is 1.12 bits per heavy atom. The molecule has 0 aliphatic rings. The smallest absolute Gasteiger partial charge is 0.164 e. The van der Waals surface area contributed by atoms with Crippen LogP contribution in [0.5, 0.6) is 0 Å². The van der Waals surface area contributed by atoms with E-state index >= 15 is 0 Å². The van der Waals surface area contributed by atoms with Crippen LogP contribution in [0.3, 0.4) is 0 Å². The molecule has 25 heavy (non-hydrogen) atoms. The average molecular weight is 353 g/mol. The van der Waals surface area contributed by atoms with Crippen molar-refractivity contribution in [3.05, 3.63) is 58.9 Å². The maximum Gasteiger partial charge on any atom is 0.164 e. The predicted molar refractivity (Wildman–Crippen MR) is 99.9 cm³/mol. The first kappa shape index (κ1) is 15.7. The third-order valence-corrected chi connectivity index (χ3v) is 4.50. The molecule has 0 amide bonds. The molecule has 0 aliphatic heterocycles. The van der Waals surface area contributed by atoms with E-state index in [2.05, 4.69) is 36.3 Å². The van der Waals surface area contributed by atoms with Crippen LogP contribution in [0.4, 0.5) is 5.82 Å². The normalized spacial score (nSPS) is 11.2. The SMILES string of the molecule is CNc1n[nH]c2ccc(-c3nnc(C)n3Cc3ccc(Cl)cc3)cc12. The summed E-state index contributed by atoms with van der Waals surface area (Å²) in [6.07, 6.45) is 0. The molecule has 0 saturated heterocycles. The van der Waals surface area contributed by atoms with Crippen LogP contribution in [0.2, 0.25) is 5.02 Å². The van der Waals surface area contributed by atoms with Crippen molar-refractivity contribution < 1.29 is 0 Å². The number of aryl methyl sites for hydroxylation is 1. The molecule has 126 valence electrons. The second-order valence-corrected chi connectivity index (χ2v) is 6.30. The summed E-state index contributed by atoms with van der Waals surface area (Å²) in [5, 5.41) is 20.8. The van der Waals surface area contributed by atoms with Crippen LogP contribution in [0.1, 0.15) is 11.4 Å². The number of rotatable bonds is 4. The Morgan fingerprint density at radius 2 is 1.92 bits per heavy atom. The number of hydrogen-bond acceptors (Lipinski definition) is 4.